The summed E-state index contributed by atoms with van der Waals surface area (Å²) in [5.74, 6) is 0.617. The molecule has 0 unspecified atom stereocenters. The molecule has 0 aliphatic heterocycles. The summed E-state index contributed by atoms with van der Waals surface area (Å²) in [5.41, 5.74) is 0. The van der Waals surface area contributed by atoms with Gasteiger partial charge in [0.25, 0.3) is 0 Å². The van der Waals surface area contributed by atoms with Crippen LogP contribution in [0.2, 0.25) is 0 Å². The number of aromatic nitrogens is 1. The van der Waals surface area contributed by atoms with Crippen LogP contribution in [0, 0.1) is 0 Å². The molecule has 0 amide bonds. The summed E-state index contributed by atoms with van der Waals surface area (Å²) >= 11 is 4.74. The minimum atomic E-state index is -4.34. The zero-order chi connectivity index (χ0) is 15.7. The smallest absolute Gasteiger partial charge is 0.405 e. The minimum absolute atomic E-state index is 0.0948. The molecule has 0 saturated heterocycles. The van der Waals surface area contributed by atoms with E-state index in [1.807, 2.05) is 5.32 Å². The van der Waals surface area contributed by atoms with E-state index in [2.05, 4.69) is 10.3 Å². The molecule has 0 atom stereocenters. The van der Waals surface area contributed by atoms with Crippen molar-refractivity contribution in [2.75, 3.05) is 25.1 Å². The first-order valence-corrected chi connectivity index (χ1v) is 6.64. The van der Waals surface area contributed by atoms with Crippen LogP contribution >= 0.6 is 12.2 Å². The Morgan fingerprint density at radius 1 is 1.33 bits per heavy atom. The number of unbranched alkanes of at least 4 members (excludes halogenated alkanes) is 1. The van der Waals surface area contributed by atoms with E-state index in [-0.39, 0.29) is 17.5 Å². The number of pyridine rings is 1. The summed E-state index contributed by atoms with van der Waals surface area (Å²) in [6.07, 6.45) is -3.03. The van der Waals surface area contributed by atoms with Gasteiger partial charge < -0.3 is 20.5 Å². The van der Waals surface area contributed by atoms with Gasteiger partial charge >= 0.3 is 6.18 Å². The number of nitrogens with zero attached hydrogens (tertiary/aromatic N) is 1. The molecule has 118 valence electrons. The van der Waals surface area contributed by atoms with Crippen LogP contribution in [0.3, 0.4) is 0 Å². The fourth-order valence-corrected chi connectivity index (χ4v) is 1.47. The van der Waals surface area contributed by atoms with E-state index in [9.17, 15) is 13.2 Å². The zero-order valence-corrected chi connectivity index (χ0v) is 11.9. The molecule has 0 fully saturated rings. The van der Waals surface area contributed by atoms with Gasteiger partial charge in [-0.05, 0) is 31.1 Å². The van der Waals surface area contributed by atoms with Gasteiger partial charge in [-0.15, -0.1) is 0 Å². The van der Waals surface area contributed by atoms with Gasteiger partial charge in [-0.3, -0.25) is 0 Å². The van der Waals surface area contributed by atoms with Gasteiger partial charge in [0.2, 0.25) is 5.88 Å². The Morgan fingerprint density at radius 3 is 2.76 bits per heavy atom. The Kier molecular flexibility index (Phi) is 7.17. The topological polar surface area (TPSA) is 66.4 Å². The van der Waals surface area contributed by atoms with E-state index in [0.29, 0.717) is 25.3 Å². The lowest BCUT2D eigenvalue weighted by atomic mass is 10.3. The fourth-order valence-electron chi connectivity index (χ4n) is 1.30. The summed E-state index contributed by atoms with van der Waals surface area (Å²) in [7, 11) is 0. The van der Waals surface area contributed by atoms with Crippen molar-refractivity contribution < 1.29 is 23.0 Å². The number of rotatable bonds is 7. The molecule has 1 rings (SSSR count). The predicted octanol–water partition coefficient (Wildman–Crippen LogP) is 2.08. The Labute approximate surface area is 125 Å². The van der Waals surface area contributed by atoms with Crippen molar-refractivity contribution in [3.63, 3.8) is 0 Å². The van der Waals surface area contributed by atoms with Crippen molar-refractivity contribution in [1.82, 2.24) is 10.3 Å². The lowest BCUT2D eigenvalue weighted by Crippen LogP contribution is -2.36. The maximum Gasteiger partial charge on any atom is 0.405 e. The quantitative estimate of drug-likeness (QED) is 0.527. The van der Waals surface area contributed by atoms with E-state index in [1.54, 1.807) is 18.2 Å². The first kappa shape index (κ1) is 17.4. The number of hydrogen-bond donors (Lipinski definition) is 3. The molecule has 21 heavy (non-hydrogen) atoms. The van der Waals surface area contributed by atoms with Crippen molar-refractivity contribution in [3.05, 3.63) is 18.2 Å². The molecule has 0 radical (unpaired) electrons. The molecular formula is C12H16F3N3O2S. The number of thiocarbonyl (C=S) groups is 1. The maximum absolute atomic E-state index is 12.0. The highest BCUT2D eigenvalue weighted by atomic mass is 32.1. The zero-order valence-electron chi connectivity index (χ0n) is 11.1. The van der Waals surface area contributed by atoms with E-state index in [4.69, 9.17) is 22.1 Å². The number of aliphatic hydroxyl groups is 1. The van der Waals surface area contributed by atoms with Crippen LogP contribution in [-0.4, -0.2) is 41.1 Å². The highest BCUT2D eigenvalue weighted by molar-refractivity contribution is 7.80. The van der Waals surface area contributed by atoms with Gasteiger partial charge in [0.05, 0.1) is 6.61 Å². The van der Waals surface area contributed by atoms with Crippen molar-refractivity contribution in [2.24, 2.45) is 0 Å². The largest absolute Gasteiger partial charge is 0.478 e. The van der Waals surface area contributed by atoms with Crippen LogP contribution in [-0.2, 0) is 0 Å². The van der Waals surface area contributed by atoms with Gasteiger partial charge in [-0.1, -0.05) is 6.07 Å². The Balaban J connectivity index is 2.43. The molecule has 5 nitrogen and oxygen atoms in total. The normalized spacial score (nSPS) is 11.0. The number of nitrogens with one attached hydrogen (secondary N) is 2. The summed E-state index contributed by atoms with van der Waals surface area (Å²) in [6.45, 7) is -0.721. The van der Waals surface area contributed by atoms with Crippen molar-refractivity contribution in [2.45, 2.75) is 19.0 Å². The number of ether oxygens (including phenoxy) is 1. The minimum Gasteiger partial charge on any atom is -0.478 e. The first-order chi connectivity index (χ1) is 9.90. The Bertz CT molecular complexity index is 458. The second kappa shape index (κ2) is 8.63. The highest BCUT2D eigenvalue weighted by Gasteiger charge is 2.27. The summed E-state index contributed by atoms with van der Waals surface area (Å²) in [4.78, 5) is 4.05. The van der Waals surface area contributed by atoms with Gasteiger partial charge in [0.1, 0.15) is 12.4 Å². The standard InChI is InChI=1S/C12H16F3N3O2S/c13-12(14,15)8-16-11(21)18-9-4-3-5-10(17-9)20-7-2-1-6-19/h3-5,19H,1-2,6-8H2,(H2,16,17,18,21). The lowest BCUT2D eigenvalue weighted by Gasteiger charge is -2.12. The van der Waals surface area contributed by atoms with E-state index in [1.165, 1.54) is 0 Å². The van der Waals surface area contributed by atoms with Crippen LogP contribution in [0.4, 0.5) is 19.0 Å². The monoisotopic (exact) mass is 323 g/mol. The van der Waals surface area contributed by atoms with E-state index < -0.39 is 12.7 Å². The molecule has 3 N–H and O–H groups in total. The van der Waals surface area contributed by atoms with Crippen molar-refractivity contribution >= 4 is 23.1 Å². The van der Waals surface area contributed by atoms with Crippen molar-refractivity contribution in [1.29, 1.82) is 0 Å². The molecule has 1 aromatic rings. The summed E-state index contributed by atoms with van der Waals surface area (Å²) in [5, 5.41) is 13.0. The first-order valence-electron chi connectivity index (χ1n) is 6.23. The molecule has 9 heteroatoms. The molecule has 0 saturated carbocycles. The molecule has 0 aliphatic rings. The average molecular weight is 323 g/mol. The number of anilines is 1. The molecule has 0 aromatic carbocycles. The van der Waals surface area contributed by atoms with E-state index in [0.717, 1.165) is 0 Å². The van der Waals surface area contributed by atoms with Crippen LogP contribution < -0.4 is 15.4 Å². The number of halogens is 3. The molecule has 0 spiro atoms. The third kappa shape index (κ3) is 8.30. The van der Waals surface area contributed by atoms with E-state index >= 15 is 0 Å². The summed E-state index contributed by atoms with van der Waals surface area (Å²) in [6, 6.07) is 4.82. The Hall–Kier alpha value is -1.61. The number of hydrogen-bond acceptors (Lipinski definition) is 4. The Morgan fingerprint density at radius 2 is 2.10 bits per heavy atom. The number of aliphatic hydroxyl groups excluding tert-OH is 1. The second-order valence-corrected chi connectivity index (χ2v) is 4.47. The molecule has 0 bridgehead atoms. The van der Waals surface area contributed by atoms with Crippen LogP contribution in [0.25, 0.3) is 0 Å². The van der Waals surface area contributed by atoms with Gasteiger partial charge in [0.15, 0.2) is 5.11 Å². The summed E-state index contributed by atoms with van der Waals surface area (Å²) < 4.78 is 41.4. The average Bonchev–Trinajstić information content (AvgIpc) is 2.41. The SMILES string of the molecule is OCCCCOc1cccc(NC(=S)NCC(F)(F)F)n1. The van der Waals surface area contributed by atoms with Crippen LogP contribution in [0.15, 0.2) is 18.2 Å². The van der Waals surface area contributed by atoms with Gasteiger partial charge in [-0.25, -0.2) is 0 Å². The van der Waals surface area contributed by atoms with Crippen LogP contribution in [0.5, 0.6) is 5.88 Å². The van der Waals surface area contributed by atoms with Crippen molar-refractivity contribution in [3.8, 4) is 5.88 Å². The third-order valence-electron chi connectivity index (χ3n) is 2.22. The lowest BCUT2D eigenvalue weighted by molar-refractivity contribution is -0.121. The second-order valence-electron chi connectivity index (χ2n) is 4.06. The molecule has 1 aromatic heterocycles. The molecule has 0 aliphatic carbocycles. The number of alkyl halides is 3. The third-order valence-corrected chi connectivity index (χ3v) is 2.46. The van der Waals surface area contributed by atoms with Gasteiger partial charge in [0, 0.05) is 12.7 Å². The predicted molar refractivity (Wildman–Crippen MR) is 76.3 cm³/mol. The highest BCUT2D eigenvalue weighted by Crippen LogP contribution is 2.13. The molecular weight excluding hydrogens is 307 g/mol. The molecule has 1 heterocycles. The van der Waals surface area contributed by atoms with Crippen LogP contribution in [0.1, 0.15) is 12.8 Å². The van der Waals surface area contributed by atoms with Gasteiger partial charge in [-0.2, -0.15) is 18.2 Å². The maximum atomic E-state index is 12.0. The fraction of sp³-hybridized carbons (Fsp3) is 0.500.